The smallest absolute Gasteiger partial charge is 0.204 e. The highest BCUT2D eigenvalue weighted by molar-refractivity contribution is 6.33. The van der Waals surface area contributed by atoms with Crippen LogP contribution in [0.25, 0.3) is 10.8 Å². The number of rotatable bonds is 7. The minimum atomic E-state index is 0.469. The Labute approximate surface area is 164 Å². The van der Waals surface area contributed by atoms with Gasteiger partial charge in [-0.1, -0.05) is 17.7 Å². The van der Waals surface area contributed by atoms with Crippen LogP contribution in [0.15, 0.2) is 36.7 Å². The number of fused-ring (bicyclic) bond motifs is 1. The Bertz CT molecular complexity index is 960. The van der Waals surface area contributed by atoms with Crippen molar-refractivity contribution in [1.29, 1.82) is 0 Å². The van der Waals surface area contributed by atoms with Gasteiger partial charge in [0.15, 0.2) is 11.5 Å². The van der Waals surface area contributed by atoms with E-state index in [1.54, 1.807) is 21.3 Å². The van der Waals surface area contributed by atoms with Crippen LogP contribution in [0.2, 0.25) is 5.02 Å². The SMILES string of the molecule is CCNc1ccc2c(Cc3cc(OC)c(OC)c(OC)c3Cl)cncc2c1. The predicted molar refractivity (Wildman–Crippen MR) is 110 cm³/mol. The number of hydrogen-bond donors (Lipinski definition) is 1. The van der Waals surface area contributed by atoms with Crippen LogP contribution < -0.4 is 19.5 Å². The van der Waals surface area contributed by atoms with Crippen LogP contribution in [0.5, 0.6) is 17.2 Å². The third kappa shape index (κ3) is 3.74. The van der Waals surface area contributed by atoms with Crippen LogP contribution in [-0.4, -0.2) is 32.9 Å². The molecule has 1 N–H and O–H groups in total. The fourth-order valence-electron chi connectivity index (χ4n) is 3.20. The molecule has 3 aromatic rings. The van der Waals surface area contributed by atoms with Crippen LogP contribution in [0, 0.1) is 0 Å². The Morgan fingerprint density at radius 3 is 2.41 bits per heavy atom. The normalized spacial score (nSPS) is 10.7. The van der Waals surface area contributed by atoms with Gasteiger partial charge < -0.3 is 19.5 Å². The van der Waals surface area contributed by atoms with Crippen molar-refractivity contribution in [3.63, 3.8) is 0 Å². The number of nitrogens with zero attached hydrogens (tertiary/aromatic N) is 1. The summed E-state index contributed by atoms with van der Waals surface area (Å²) in [4.78, 5) is 4.40. The molecule has 0 atom stereocenters. The first-order valence-electron chi connectivity index (χ1n) is 8.70. The van der Waals surface area contributed by atoms with Gasteiger partial charge in [0.25, 0.3) is 0 Å². The van der Waals surface area contributed by atoms with Gasteiger partial charge in [-0.05, 0) is 41.6 Å². The van der Waals surface area contributed by atoms with E-state index in [9.17, 15) is 0 Å². The van der Waals surface area contributed by atoms with Crippen LogP contribution in [-0.2, 0) is 6.42 Å². The zero-order valence-electron chi connectivity index (χ0n) is 15.9. The molecule has 27 heavy (non-hydrogen) atoms. The third-order valence-electron chi connectivity index (χ3n) is 4.45. The molecule has 142 valence electrons. The second kappa shape index (κ2) is 8.35. The van der Waals surface area contributed by atoms with Gasteiger partial charge in [-0.3, -0.25) is 4.98 Å². The van der Waals surface area contributed by atoms with E-state index in [4.69, 9.17) is 25.8 Å². The molecule has 0 unspecified atom stereocenters. The van der Waals surface area contributed by atoms with Gasteiger partial charge in [0.2, 0.25) is 5.75 Å². The minimum absolute atomic E-state index is 0.469. The summed E-state index contributed by atoms with van der Waals surface area (Å²) in [6.45, 7) is 2.95. The van der Waals surface area contributed by atoms with E-state index in [2.05, 4.69) is 35.4 Å². The summed E-state index contributed by atoms with van der Waals surface area (Å²) in [6, 6.07) is 8.17. The topological polar surface area (TPSA) is 52.6 Å². The van der Waals surface area contributed by atoms with Gasteiger partial charge >= 0.3 is 0 Å². The molecule has 0 saturated heterocycles. The predicted octanol–water partition coefficient (Wildman–Crippen LogP) is 4.94. The Balaban J connectivity index is 2.07. The lowest BCUT2D eigenvalue weighted by atomic mass is 9.99. The average Bonchev–Trinajstić information content (AvgIpc) is 2.69. The molecule has 0 bridgehead atoms. The van der Waals surface area contributed by atoms with E-state index < -0.39 is 0 Å². The first-order valence-corrected chi connectivity index (χ1v) is 9.08. The Morgan fingerprint density at radius 2 is 1.74 bits per heavy atom. The molecule has 0 saturated carbocycles. The lowest BCUT2D eigenvalue weighted by Crippen LogP contribution is -2.00. The number of halogens is 1. The van der Waals surface area contributed by atoms with E-state index in [1.807, 2.05) is 18.5 Å². The summed E-state index contributed by atoms with van der Waals surface area (Å²) in [5.74, 6) is 1.53. The molecule has 0 amide bonds. The average molecular weight is 387 g/mol. The molecule has 0 spiro atoms. The van der Waals surface area contributed by atoms with E-state index in [0.717, 1.165) is 34.1 Å². The second-order valence-corrected chi connectivity index (χ2v) is 6.44. The number of methoxy groups -OCH3 is 3. The molecule has 1 heterocycles. The zero-order valence-corrected chi connectivity index (χ0v) is 16.7. The van der Waals surface area contributed by atoms with Gasteiger partial charge in [-0.2, -0.15) is 0 Å². The maximum Gasteiger partial charge on any atom is 0.204 e. The van der Waals surface area contributed by atoms with Crippen LogP contribution in [0.3, 0.4) is 0 Å². The molecule has 6 heteroatoms. The number of nitrogens with one attached hydrogen (secondary N) is 1. The lowest BCUT2D eigenvalue weighted by Gasteiger charge is -2.17. The van der Waals surface area contributed by atoms with Crippen molar-refractivity contribution < 1.29 is 14.2 Å². The van der Waals surface area contributed by atoms with Crippen molar-refractivity contribution in [2.75, 3.05) is 33.2 Å². The second-order valence-electron chi connectivity index (χ2n) is 6.06. The molecular weight excluding hydrogens is 364 g/mol. The van der Waals surface area contributed by atoms with Crippen molar-refractivity contribution in [2.24, 2.45) is 0 Å². The quantitative estimate of drug-likeness (QED) is 0.623. The molecular formula is C21H23ClN2O3. The minimum Gasteiger partial charge on any atom is -0.493 e. The maximum atomic E-state index is 6.60. The molecule has 2 aromatic carbocycles. The van der Waals surface area contributed by atoms with Crippen molar-refractivity contribution in [2.45, 2.75) is 13.3 Å². The number of pyridine rings is 1. The maximum absolute atomic E-state index is 6.60. The van der Waals surface area contributed by atoms with Gasteiger partial charge in [0.1, 0.15) is 0 Å². The standard InChI is InChI=1S/C21H23ClN2O3/c1-5-24-16-6-7-17-14(11-23-12-15(17)9-16)8-13-10-18(25-2)20(26-3)21(27-4)19(13)22/h6-7,9-12,24H,5,8H2,1-4H3. The number of aromatic nitrogens is 1. The largest absolute Gasteiger partial charge is 0.493 e. The monoisotopic (exact) mass is 386 g/mol. The molecule has 0 aliphatic rings. The molecule has 3 rings (SSSR count). The summed E-state index contributed by atoms with van der Waals surface area (Å²) < 4.78 is 16.3. The van der Waals surface area contributed by atoms with E-state index >= 15 is 0 Å². The fourth-order valence-corrected chi connectivity index (χ4v) is 3.48. The summed E-state index contributed by atoms with van der Waals surface area (Å²) in [6.07, 6.45) is 4.34. The van der Waals surface area contributed by atoms with Crippen molar-refractivity contribution in [3.8, 4) is 17.2 Å². The number of anilines is 1. The highest BCUT2D eigenvalue weighted by Gasteiger charge is 2.20. The summed E-state index contributed by atoms with van der Waals surface area (Å²) in [5, 5.41) is 6.05. The first-order chi connectivity index (χ1) is 13.1. The van der Waals surface area contributed by atoms with E-state index in [0.29, 0.717) is 28.7 Å². The van der Waals surface area contributed by atoms with Crippen molar-refractivity contribution in [1.82, 2.24) is 4.98 Å². The highest BCUT2D eigenvalue weighted by Crippen LogP contribution is 2.45. The number of ether oxygens (including phenoxy) is 3. The molecule has 0 fully saturated rings. The first kappa shape index (κ1) is 19.1. The van der Waals surface area contributed by atoms with Crippen molar-refractivity contribution in [3.05, 3.63) is 52.8 Å². The Morgan fingerprint density at radius 1 is 0.963 bits per heavy atom. The fraction of sp³-hybridized carbons (Fsp3) is 0.286. The lowest BCUT2D eigenvalue weighted by molar-refractivity contribution is 0.324. The molecule has 0 aliphatic carbocycles. The Kier molecular flexibility index (Phi) is 5.91. The highest BCUT2D eigenvalue weighted by atomic mass is 35.5. The molecule has 5 nitrogen and oxygen atoms in total. The number of hydrogen-bond acceptors (Lipinski definition) is 5. The summed E-state index contributed by atoms with van der Waals surface area (Å²) in [5.41, 5.74) is 3.04. The number of benzene rings is 2. The summed E-state index contributed by atoms with van der Waals surface area (Å²) in [7, 11) is 4.72. The van der Waals surface area contributed by atoms with Gasteiger partial charge in [-0.15, -0.1) is 0 Å². The molecule has 0 aliphatic heterocycles. The molecule has 0 radical (unpaired) electrons. The third-order valence-corrected chi connectivity index (χ3v) is 4.86. The van der Waals surface area contributed by atoms with E-state index in [-0.39, 0.29) is 0 Å². The van der Waals surface area contributed by atoms with Gasteiger partial charge in [0, 0.05) is 36.4 Å². The molecule has 1 aromatic heterocycles. The van der Waals surface area contributed by atoms with E-state index in [1.165, 1.54) is 0 Å². The Hall–Kier alpha value is -2.66. The van der Waals surface area contributed by atoms with Crippen LogP contribution in [0.1, 0.15) is 18.1 Å². The summed E-state index contributed by atoms with van der Waals surface area (Å²) >= 11 is 6.60. The zero-order chi connectivity index (χ0) is 19.4. The van der Waals surface area contributed by atoms with Crippen LogP contribution in [0.4, 0.5) is 5.69 Å². The van der Waals surface area contributed by atoms with Crippen molar-refractivity contribution >= 4 is 28.1 Å². The van der Waals surface area contributed by atoms with Gasteiger partial charge in [0.05, 0.1) is 26.4 Å². The van der Waals surface area contributed by atoms with Crippen LogP contribution >= 0.6 is 11.6 Å². The van der Waals surface area contributed by atoms with Gasteiger partial charge in [-0.25, -0.2) is 0 Å².